The first kappa shape index (κ1) is 10.6. The van der Waals surface area contributed by atoms with Gasteiger partial charge in [0.15, 0.2) is 0 Å². The number of aliphatic carboxylic acids is 1. The molecule has 0 aromatic heterocycles. The van der Waals surface area contributed by atoms with Crippen LogP contribution in [0.15, 0.2) is 0 Å². The third-order valence-corrected chi connectivity index (χ3v) is 2.62. The van der Waals surface area contributed by atoms with E-state index in [1.54, 1.807) is 0 Å². The number of carbonyl (C=O) groups is 2. The van der Waals surface area contributed by atoms with E-state index in [1.807, 2.05) is 19.8 Å². The second-order valence-corrected chi connectivity index (χ2v) is 3.87. The lowest BCUT2D eigenvalue weighted by Crippen LogP contribution is -2.07. The van der Waals surface area contributed by atoms with Crippen molar-refractivity contribution in [3.63, 3.8) is 0 Å². The fraction of sp³-hybridized carbons (Fsp3) is 0.600. The Labute approximate surface area is 82.2 Å². The molecule has 1 aliphatic rings. The van der Waals surface area contributed by atoms with E-state index in [4.69, 9.17) is 5.11 Å². The molecule has 0 spiro atoms. The number of carbonyl (C=O) groups excluding carboxylic acids is 1. The summed E-state index contributed by atoms with van der Waals surface area (Å²) in [7, 11) is 1.32. The number of hydrogen-bond donors (Lipinski definition) is 1. The van der Waals surface area contributed by atoms with Gasteiger partial charge in [0.2, 0.25) is 0 Å². The minimum absolute atomic E-state index is 0.203. The summed E-state index contributed by atoms with van der Waals surface area (Å²) in [4.78, 5) is 21.4. The molecule has 0 unspecified atom stereocenters. The van der Waals surface area contributed by atoms with Gasteiger partial charge < -0.3 is 9.84 Å². The molecule has 0 radical (unpaired) electrons. The van der Waals surface area contributed by atoms with Crippen molar-refractivity contribution < 1.29 is 19.4 Å². The summed E-state index contributed by atoms with van der Waals surface area (Å²) in [5, 5.41) is 8.35. The minimum Gasteiger partial charge on any atom is -0.472 e. The van der Waals surface area contributed by atoms with Crippen LogP contribution in [0.2, 0.25) is 0 Å². The molecule has 0 saturated heterocycles. The van der Waals surface area contributed by atoms with Gasteiger partial charge in [-0.1, -0.05) is 19.8 Å². The molecule has 2 atom stereocenters. The second kappa shape index (κ2) is 3.33. The Hall–Kier alpha value is -1.50. The van der Waals surface area contributed by atoms with Crippen molar-refractivity contribution in [1.29, 1.82) is 0 Å². The summed E-state index contributed by atoms with van der Waals surface area (Å²) < 4.78 is 4.59. The largest absolute Gasteiger partial charge is 0.472 e. The van der Waals surface area contributed by atoms with E-state index < -0.39 is 5.97 Å². The smallest absolute Gasteiger partial charge is 0.381 e. The molecule has 1 rings (SSSR count). The highest BCUT2D eigenvalue weighted by Gasteiger charge is 2.62. The molecule has 1 N–H and O–H groups in total. The van der Waals surface area contributed by atoms with Gasteiger partial charge in [0.25, 0.3) is 0 Å². The van der Waals surface area contributed by atoms with Crippen LogP contribution in [0.3, 0.4) is 0 Å². The third kappa shape index (κ3) is 1.72. The van der Waals surface area contributed by atoms with Crippen molar-refractivity contribution in [3.8, 4) is 11.8 Å². The number of methoxy groups -OCH3 is 1. The molecule has 76 valence electrons. The highest BCUT2D eigenvalue weighted by molar-refractivity contribution is 5.87. The number of ether oxygens (including phenoxy) is 1. The molecule has 1 fully saturated rings. The van der Waals surface area contributed by atoms with E-state index in [-0.39, 0.29) is 23.2 Å². The van der Waals surface area contributed by atoms with Gasteiger partial charge in [-0.15, -0.1) is 0 Å². The van der Waals surface area contributed by atoms with Crippen molar-refractivity contribution in [3.05, 3.63) is 0 Å². The number of rotatable bonds is 1. The van der Waals surface area contributed by atoms with E-state index in [9.17, 15) is 9.59 Å². The fourth-order valence-corrected chi connectivity index (χ4v) is 1.61. The maximum atomic E-state index is 11.2. The predicted octanol–water partition coefficient (Wildman–Crippen LogP) is 0.520. The number of carboxylic acids is 1. The molecular weight excluding hydrogens is 184 g/mol. The van der Waals surface area contributed by atoms with Gasteiger partial charge in [-0.3, -0.25) is 4.79 Å². The summed E-state index contributed by atoms with van der Waals surface area (Å²) in [6.45, 7) is 3.74. The number of carboxylic acid groups (broad SMARTS) is 1. The summed E-state index contributed by atoms with van der Waals surface area (Å²) in [5.74, 6) is 2.61. The van der Waals surface area contributed by atoms with Crippen LogP contribution in [0, 0.1) is 29.1 Å². The van der Waals surface area contributed by atoms with Crippen LogP contribution in [0.1, 0.15) is 13.8 Å². The molecule has 4 nitrogen and oxygen atoms in total. The lowest BCUT2D eigenvalue weighted by molar-refractivity contribution is -0.143. The molecule has 1 saturated carbocycles. The first-order chi connectivity index (χ1) is 6.41. The topological polar surface area (TPSA) is 63.6 Å². The zero-order valence-electron chi connectivity index (χ0n) is 8.33. The summed E-state index contributed by atoms with van der Waals surface area (Å²) in [5.41, 5.74) is -0.268. The van der Waals surface area contributed by atoms with Gasteiger partial charge >= 0.3 is 11.9 Å². The van der Waals surface area contributed by atoms with Crippen LogP contribution in [-0.2, 0) is 14.3 Å². The van der Waals surface area contributed by atoms with Crippen LogP contribution >= 0.6 is 0 Å². The minimum atomic E-state index is -1.17. The molecule has 1 aliphatic carbocycles. The molecule has 0 heterocycles. The highest BCUT2D eigenvalue weighted by atomic mass is 16.5. The van der Waals surface area contributed by atoms with E-state index >= 15 is 0 Å². The normalized spacial score (nSPS) is 27.1. The van der Waals surface area contributed by atoms with Gasteiger partial charge in [0.05, 0.1) is 13.0 Å². The molecule has 0 aromatic rings. The third-order valence-electron chi connectivity index (χ3n) is 2.62. The zero-order chi connectivity index (χ0) is 10.9. The Kier molecular flexibility index (Phi) is 2.52. The summed E-state index contributed by atoms with van der Waals surface area (Å²) >= 11 is 0. The van der Waals surface area contributed by atoms with Gasteiger partial charge in [0, 0.05) is 11.8 Å². The molecule has 0 aromatic carbocycles. The maximum absolute atomic E-state index is 11.2. The molecule has 4 heteroatoms. The second-order valence-electron chi connectivity index (χ2n) is 3.87. The Morgan fingerprint density at radius 2 is 2.00 bits per heavy atom. The standard InChI is InChI=1S/C10H12O4/c1-10(2)6(4-5-7(11)12)8(10)9(13)14-3/h6,8H,1-3H3,(H,11,12)/t6-,8-/m0/s1. The molecule has 0 aliphatic heterocycles. The zero-order valence-corrected chi connectivity index (χ0v) is 8.33. The average molecular weight is 196 g/mol. The molecular formula is C10H12O4. The van der Waals surface area contributed by atoms with Gasteiger partial charge in [-0.2, -0.15) is 0 Å². The van der Waals surface area contributed by atoms with Crippen LogP contribution in [0.5, 0.6) is 0 Å². The Bertz CT molecular complexity index is 332. The highest BCUT2D eigenvalue weighted by Crippen LogP contribution is 2.58. The monoisotopic (exact) mass is 196 g/mol. The SMILES string of the molecule is COC(=O)[C@@H]1[C@H](C#CC(=O)O)C1(C)C. The lowest BCUT2D eigenvalue weighted by Gasteiger charge is -1.98. The average Bonchev–Trinajstić information content (AvgIpc) is 2.63. The molecule has 0 amide bonds. The first-order valence-corrected chi connectivity index (χ1v) is 4.23. The van der Waals surface area contributed by atoms with Crippen molar-refractivity contribution in [2.75, 3.05) is 7.11 Å². The lowest BCUT2D eigenvalue weighted by atomic mass is 10.1. The summed E-state index contributed by atoms with van der Waals surface area (Å²) in [6, 6.07) is 0. The van der Waals surface area contributed by atoms with Crippen molar-refractivity contribution in [2.45, 2.75) is 13.8 Å². The quantitative estimate of drug-likeness (QED) is 0.490. The van der Waals surface area contributed by atoms with Gasteiger partial charge in [0.1, 0.15) is 0 Å². The van der Waals surface area contributed by atoms with E-state index in [1.165, 1.54) is 7.11 Å². The Balaban J connectivity index is 2.73. The van der Waals surface area contributed by atoms with Crippen LogP contribution < -0.4 is 0 Å². The Morgan fingerprint density at radius 3 is 2.43 bits per heavy atom. The fourth-order valence-electron chi connectivity index (χ4n) is 1.61. The predicted molar refractivity (Wildman–Crippen MR) is 48.2 cm³/mol. The van der Waals surface area contributed by atoms with Crippen molar-refractivity contribution in [2.24, 2.45) is 17.3 Å². The number of hydrogen-bond acceptors (Lipinski definition) is 3. The summed E-state index contributed by atoms with van der Waals surface area (Å²) in [6.07, 6.45) is 0. The van der Waals surface area contributed by atoms with E-state index in [0.717, 1.165) is 0 Å². The first-order valence-electron chi connectivity index (χ1n) is 4.23. The maximum Gasteiger partial charge on any atom is 0.381 e. The van der Waals surface area contributed by atoms with Crippen LogP contribution in [0.4, 0.5) is 0 Å². The Morgan fingerprint density at radius 1 is 1.43 bits per heavy atom. The van der Waals surface area contributed by atoms with E-state index in [0.29, 0.717) is 0 Å². The van der Waals surface area contributed by atoms with E-state index in [2.05, 4.69) is 10.7 Å². The van der Waals surface area contributed by atoms with Gasteiger partial charge in [-0.25, -0.2) is 4.79 Å². The van der Waals surface area contributed by atoms with Crippen LogP contribution in [-0.4, -0.2) is 24.2 Å². The van der Waals surface area contributed by atoms with Crippen molar-refractivity contribution >= 4 is 11.9 Å². The number of esters is 1. The van der Waals surface area contributed by atoms with Crippen LogP contribution in [0.25, 0.3) is 0 Å². The van der Waals surface area contributed by atoms with Gasteiger partial charge in [-0.05, 0) is 5.41 Å². The molecule has 0 bridgehead atoms. The van der Waals surface area contributed by atoms with Crippen molar-refractivity contribution in [1.82, 2.24) is 0 Å². The molecule has 14 heavy (non-hydrogen) atoms.